The maximum absolute atomic E-state index is 15.2. The summed E-state index contributed by atoms with van der Waals surface area (Å²) in [5, 5.41) is 29.8. The molecule has 2 aromatic rings. The van der Waals surface area contributed by atoms with E-state index in [1.165, 1.54) is 24.9 Å². The Kier molecular flexibility index (Phi) is 13.2. The minimum atomic E-state index is -0.546. The third kappa shape index (κ3) is 11.1. The lowest BCUT2D eigenvalue weighted by Gasteiger charge is -2.20. The van der Waals surface area contributed by atoms with Crippen molar-refractivity contribution in [3.05, 3.63) is 130 Å². The lowest BCUT2D eigenvalue weighted by molar-refractivity contribution is -0.115. The number of thioether (sulfide) groups is 1. The van der Waals surface area contributed by atoms with Crippen LogP contribution in [0.3, 0.4) is 0 Å². The van der Waals surface area contributed by atoms with Gasteiger partial charge in [-0.2, -0.15) is 0 Å². The molecule has 0 spiro atoms. The second-order valence-electron chi connectivity index (χ2n) is 11.5. The number of halogens is 1. The Morgan fingerprint density at radius 3 is 2.32 bits per heavy atom. The molecule has 11 heteroatoms. The van der Waals surface area contributed by atoms with Crippen LogP contribution < -0.4 is 27.0 Å². The fourth-order valence-corrected chi connectivity index (χ4v) is 4.82. The summed E-state index contributed by atoms with van der Waals surface area (Å²) in [5.41, 5.74) is 8.47. The molecule has 9 nitrogen and oxygen atoms in total. The Morgan fingerprint density at radius 2 is 1.68 bits per heavy atom. The zero-order valence-corrected chi connectivity index (χ0v) is 28.1. The molecule has 4 rings (SSSR count). The second kappa shape index (κ2) is 17.1. The zero-order chi connectivity index (χ0) is 34.6. The van der Waals surface area contributed by atoms with Crippen molar-refractivity contribution in [2.24, 2.45) is 11.1 Å². The monoisotopic (exact) mass is 655 g/mol. The number of carbonyl (C=O) groups excluding carboxylic acids is 2. The van der Waals surface area contributed by atoms with Gasteiger partial charge in [0.15, 0.2) is 0 Å². The molecular weight excluding hydrogens is 614 g/mol. The highest BCUT2D eigenvalue weighted by molar-refractivity contribution is 8.02. The topological polar surface area (TPSA) is 156 Å². The van der Waals surface area contributed by atoms with E-state index < -0.39 is 23.2 Å². The zero-order valence-electron chi connectivity index (χ0n) is 27.3. The largest absolute Gasteiger partial charge is 0.342 e. The molecule has 0 saturated heterocycles. The number of benzene rings is 2. The molecule has 8 N–H and O–H groups in total. The van der Waals surface area contributed by atoms with Crippen LogP contribution in [0.5, 0.6) is 0 Å². The van der Waals surface area contributed by atoms with Gasteiger partial charge in [0, 0.05) is 57.5 Å². The summed E-state index contributed by atoms with van der Waals surface area (Å²) < 4.78 is 15.2. The number of nitrogens with one attached hydrogen (secondary N) is 6. The number of urea groups is 1. The van der Waals surface area contributed by atoms with E-state index in [1.54, 1.807) is 47.9 Å². The molecule has 0 aromatic heterocycles. The minimum absolute atomic E-state index is 0.193. The van der Waals surface area contributed by atoms with Crippen molar-refractivity contribution in [3.8, 4) is 0 Å². The van der Waals surface area contributed by atoms with E-state index in [-0.39, 0.29) is 11.4 Å². The van der Waals surface area contributed by atoms with Crippen LogP contribution in [0.4, 0.5) is 14.9 Å². The van der Waals surface area contributed by atoms with Crippen molar-refractivity contribution in [1.29, 1.82) is 10.8 Å². The van der Waals surface area contributed by atoms with Crippen molar-refractivity contribution in [3.63, 3.8) is 0 Å². The van der Waals surface area contributed by atoms with Gasteiger partial charge in [-0.25, -0.2) is 9.18 Å². The Balaban J connectivity index is 0.00000294. The molecule has 246 valence electrons. The van der Waals surface area contributed by atoms with E-state index in [0.29, 0.717) is 40.4 Å². The van der Waals surface area contributed by atoms with Gasteiger partial charge in [-0.05, 0) is 49.2 Å². The third-order valence-electron chi connectivity index (χ3n) is 6.82. The van der Waals surface area contributed by atoms with Gasteiger partial charge in [-0.1, -0.05) is 81.0 Å². The van der Waals surface area contributed by atoms with Gasteiger partial charge < -0.3 is 27.1 Å². The molecule has 3 amide bonds. The fraction of sp³-hybridized carbons (Fsp3) is 0.222. The lowest BCUT2D eigenvalue weighted by atomic mass is 9.90. The summed E-state index contributed by atoms with van der Waals surface area (Å²) >= 11 is 1.49. The third-order valence-corrected chi connectivity index (χ3v) is 7.62. The van der Waals surface area contributed by atoms with Crippen molar-refractivity contribution in [2.45, 2.75) is 34.1 Å². The van der Waals surface area contributed by atoms with Crippen molar-refractivity contribution >= 4 is 46.5 Å². The molecule has 1 aliphatic carbocycles. The van der Waals surface area contributed by atoms with Gasteiger partial charge in [0.05, 0.1) is 0 Å². The number of rotatable bonds is 8. The number of aryl methyl sites for hydroxylation is 1. The van der Waals surface area contributed by atoms with Gasteiger partial charge in [-0.15, -0.1) is 11.8 Å². The number of carbonyl (C=O) groups is 2. The van der Waals surface area contributed by atoms with Crippen LogP contribution in [0.2, 0.25) is 0 Å². The highest BCUT2D eigenvalue weighted by Crippen LogP contribution is 2.24. The van der Waals surface area contributed by atoms with Crippen molar-refractivity contribution < 1.29 is 14.0 Å². The number of hydrogen-bond acceptors (Lipinski definition) is 7. The number of allylic oxidation sites excluding steroid dienone is 6. The van der Waals surface area contributed by atoms with Crippen LogP contribution in [0.25, 0.3) is 5.57 Å². The molecule has 0 unspecified atom stereocenters. The first-order valence-electron chi connectivity index (χ1n) is 14.9. The maximum Gasteiger partial charge on any atom is 0.324 e. The smallest absolute Gasteiger partial charge is 0.324 e. The van der Waals surface area contributed by atoms with Crippen LogP contribution in [0, 0.1) is 29.0 Å². The van der Waals surface area contributed by atoms with Crippen molar-refractivity contribution in [2.75, 3.05) is 18.1 Å². The molecule has 1 heterocycles. The number of anilines is 1. The molecule has 2 aliphatic rings. The lowest BCUT2D eigenvalue weighted by Crippen LogP contribution is -2.37. The van der Waals surface area contributed by atoms with E-state index >= 15 is 4.39 Å². The van der Waals surface area contributed by atoms with E-state index in [2.05, 4.69) is 27.0 Å². The Bertz CT molecular complexity index is 1690. The summed E-state index contributed by atoms with van der Waals surface area (Å²) in [7, 11) is 1.50. The summed E-state index contributed by atoms with van der Waals surface area (Å²) in [5.74, 6) is -0.0134. The van der Waals surface area contributed by atoms with E-state index in [9.17, 15) is 9.59 Å². The van der Waals surface area contributed by atoms with Gasteiger partial charge in [-0.3, -0.25) is 15.5 Å². The average molecular weight is 656 g/mol. The molecule has 47 heavy (non-hydrogen) atoms. The Morgan fingerprint density at radius 1 is 0.957 bits per heavy atom. The molecular formula is C36H42FN7O2S. The molecule has 0 radical (unpaired) electrons. The number of amidine groups is 1. The number of hydrogen-bond donors (Lipinski definition) is 7. The van der Waals surface area contributed by atoms with Gasteiger partial charge in [0.25, 0.3) is 5.91 Å². The SMILES string of the molecule is CN.Cc1ccc(N/C(=C\C(=N)C(C)(C)C)NC(=O)NC2=CC=C(c3ccc(C(=N)NC(=O)C4=CSCC=C4)cc3F)C=CC2)cc1. The van der Waals surface area contributed by atoms with Gasteiger partial charge >= 0.3 is 6.03 Å². The van der Waals surface area contributed by atoms with Gasteiger partial charge in [0.1, 0.15) is 17.5 Å². The van der Waals surface area contributed by atoms with Crippen LogP contribution in [-0.4, -0.2) is 36.3 Å². The average Bonchev–Trinajstić information content (AvgIpc) is 3.28. The minimum Gasteiger partial charge on any atom is -0.342 e. The Labute approximate surface area is 280 Å². The number of amides is 3. The van der Waals surface area contributed by atoms with Crippen LogP contribution >= 0.6 is 11.8 Å². The summed E-state index contributed by atoms with van der Waals surface area (Å²) in [4.78, 5) is 25.4. The van der Waals surface area contributed by atoms with E-state index in [0.717, 1.165) is 17.0 Å². The summed E-state index contributed by atoms with van der Waals surface area (Å²) in [6.07, 6.45) is 12.6. The first-order chi connectivity index (χ1) is 22.4. The Hall–Kier alpha value is -5.00. The standard InChI is InChI=1S/C35H37FN6O2S.CH5N/c1-22-10-14-27(15-11-22)39-31(20-30(37)35(2,3)4)41-34(44)40-26-9-5-7-23(12-16-26)28-17-13-24(19-29(28)36)32(38)42-33(43)25-8-6-18-45-21-25;1-2/h5-8,10-17,19-21,37,39H,9,18H2,1-4H3,(H2,38,42,43)(H2,40,41,44);2H2,1H3/b31-20+,37-30?;. The summed E-state index contributed by atoms with van der Waals surface area (Å²) in [6, 6.07) is 11.6. The highest BCUT2D eigenvalue weighted by Gasteiger charge is 2.18. The summed E-state index contributed by atoms with van der Waals surface area (Å²) in [6.45, 7) is 7.76. The first-order valence-corrected chi connectivity index (χ1v) is 16.0. The second-order valence-corrected chi connectivity index (χ2v) is 12.4. The highest BCUT2D eigenvalue weighted by atomic mass is 32.2. The quantitative estimate of drug-likeness (QED) is 0.122. The fourth-order valence-electron chi connectivity index (χ4n) is 4.15. The number of nitrogens with two attached hydrogens (primary N) is 1. The van der Waals surface area contributed by atoms with Crippen LogP contribution in [-0.2, 0) is 4.79 Å². The van der Waals surface area contributed by atoms with Gasteiger partial charge in [0.2, 0.25) is 0 Å². The van der Waals surface area contributed by atoms with Crippen molar-refractivity contribution in [1.82, 2.24) is 16.0 Å². The molecule has 0 bridgehead atoms. The normalized spacial score (nSPS) is 14.3. The molecule has 0 saturated carbocycles. The molecule has 1 aliphatic heterocycles. The predicted octanol–water partition coefficient (Wildman–Crippen LogP) is 6.88. The van der Waals surface area contributed by atoms with E-state index in [4.69, 9.17) is 10.8 Å². The van der Waals surface area contributed by atoms with Crippen LogP contribution in [0.1, 0.15) is 43.9 Å². The molecule has 2 aromatic carbocycles. The van der Waals surface area contributed by atoms with E-state index in [1.807, 2.05) is 64.1 Å². The molecule has 0 atom stereocenters. The first kappa shape index (κ1) is 36.5. The maximum atomic E-state index is 15.2. The molecule has 0 fully saturated rings. The van der Waals surface area contributed by atoms with Crippen LogP contribution in [0.15, 0.2) is 107 Å². The predicted molar refractivity (Wildman–Crippen MR) is 193 cm³/mol.